The Labute approximate surface area is 107 Å². The van der Waals surface area contributed by atoms with Crippen molar-refractivity contribution in [3.63, 3.8) is 0 Å². The van der Waals surface area contributed by atoms with Crippen LogP contribution in [0.4, 0.5) is 0 Å². The van der Waals surface area contributed by atoms with Crippen LogP contribution < -0.4 is 0 Å². The van der Waals surface area contributed by atoms with E-state index >= 15 is 0 Å². The van der Waals surface area contributed by atoms with E-state index in [1.807, 2.05) is 11.0 Å². The van der Waals surface area contributed by atoms with Crippen molar-refractivity contribution in [2.75, 3.05) is 32.8 Å². The fourth-order valence-corrected chi connectivity index (χ4v) is 2.58. The second kappa shape index (κ2) is 6.00. The number of rotatable bonds is 4. The lowest BCUT2D eigenvalue weighted by Gasteiger charge is -2.37. The molecule has 2 heterocycles. The van der Waals surface area contributed by atoms with E-state index in [-0.39, 0.29) is 5.97 Å². The third kappa shape index (κ3) is 3.10. The van der Waals surface area contributed by atoms with Crippen molar-refractivity contribution in [1.82, 2.24) is 9.80 Å². The van der Waals surface area contributed by atoms with Crippen LogP contribution >= 0.6 is 0 Å². The van der Waals surface area contributed by atoms with Crippen LogP contribution in [-0.2, 0) is 14.3 Å². The minimum Gasteiger partial charge on any atom is -0.463 e. The number of fused-ring (bicyclic) bond motifs is 1. The van der Waals surface area contributed by atoms with Crippen molar-refractivity contribution in [2.45, 2.75) is 25.8 Å². The van der Waals surface area contributed by atoms with Crippen molar-refractivity contribution >= 4 is 11.9 Å². The Balaban J connectivity index is 1.75. The SMILES string of the molecule is CCOC(=O)/C=C/CN1CCN2C(=O)CCC2C1. The molecule has 5 heteroatoms. The first-order valence-electron chi connectivity index (χ1n) is 6.56. The Morgan fingerprint density at radius 2 is 2.33 bits per heavy atom. The minimum absolute atomic E-state index is 0.285. The lowest BCUT2D eigenvalue weighted by atomic mass is 10.1. The van der Waals surface area contributed by atoms with Crippen LogP contribution in [0.1, 0.15) is 19.8 Å². The number of nitrogens with zero attached hydrogens (tertiary/aromatic N) is 2. The highest BCUT2D eigenvalue weighted by molar-refractivity contribution is 5.81. The lowest BCUT2D eigenvalue weighted by molar-refractivity contribution is -0.137. The van der Waals surface area contributed by atoms with Crippen molar-refractivity contribution < 1.29 is 14.3 Å². The fourth-order valence-electron chi connectivity index (χ4n) is 2.58. The average molecular weight is 252 g/mol. The summed E-state index contributed by atoms with van der Waals surface area (Å²) in [5.41, 5.74) is 0. The Morgan fingerprint density at radius 3 is 3.11 bits per heavy atom. The molecule has 2 aliphatic heterocycles. The maximum Gasteiger partial charge on any atom is 0.330 e. The van der Waals surface area contributed by atoms with Crippen LogP contribution in [0.2, 0.25) is 0 Å². The molecule has 1 atom stereocenters. The zero-order valence-corrected chi connectivity index (χ0v) is 10.8. The van der Waals surface area contributed by atoms with E-state index in [1.165, 1.54) is 6.08 Å². The molecule has 2 saturated heterocycles. The number of hydrogen-bond donors (Lipinski definition) is 0. The second-order valence-corrected chi connectivity index (χ2v) is 4.69. The van der Waals surface area contributed by atoms with Gasteiger partial charge >= 0.3 is 5.97 Å². The van der Waals surface area contributed by atoms with E-state index in [9.17, 15) is 9.59 Å². The summed E-state index contributed by atoms with van der Waals surface area (Å²) >= 11 is 0. The van der Waals surface area contributed by atoms with Gasteiger partial charge in [0.2, 0.25) is 5.91 Å². The van der Waals surface area contributed by atoms with Crippen molar-refractivity contribution in [3.8, 4) is 0 Å². The predicted molar refractivity (Wildman–Crippen MR) is 66.9 cm³/mol. The van der Waals surface area contributed by atoms with Crippen molar-refractivity contribution in [3.05, 3.63) is 12.2 Å². The first kappa shape index (κ1) is 13.1. The third-order valence-corrected chi connectivity index (χ3v) is 3.48. The van der Waals surface area contributed by atoms with E-state index in [4.69, 9.17) is 4.74 Å². The molecule has 5 nitrogen and oxygen atoms in total. The van der Waals surface area contributed by atoms with Gasteiger partial charge in [0.1, 0.15) is 0 Å². The van der Waals surface area contributed by atoms with E-state index in [0.717, 1.165) is 32.6 Å². The highest BCUT2D eigenvalue weighted by Gasteiger charge is 2.34. The first-order chi connectivity index (χ1) is 8.70. The standard InChI is InChI=1S/C13H20N2O3/c1-2-18-13(17)4-3-7-14-8-9-15-11(10-14)5-6-12(15)16/h3-4,11H,2,5-10H2,1H3/b4-3+. The molecular weight excluding hydrogens is 232 g/mol. The van der Waals surface area contributed by atoms with Crippen LogP contribution in [0.15, 0.2) is 12.2 Å². The number of piperazine rings is 1. The molecule has 2 rings (SSSR count). The third-order valence-electron chi connectivity index (χ3n) is 3.48. The average Bonchev–Trinajstić information content (AvgIpc) is 2.71. The van der Waals surface area contributed by atoms with Gasteiger partial charge in [-0.25, -0.2) is 4.79 Å². The molecule has 2 aliphatic rings. The van der Waals surface area contributed by atoms with E-state index in [1.54, 1.807) is 6.92 Å². The molecule has 0 N–H and O–H groups in total. The summed E-state index contributed by atoms with van der Waals surface area (Å²) in [6, 6.07) is 0.377. The van der Waals surface area contributed by atoms with Gasteiger partial charge in [0, 0.05) is 44.7 Å². The summed E-state index contributed by atoms with van der Waals surface area (Å²) in [5.74, 6) is 0.00824. The molecule has 0 spiro atoms. The molecule has 0 radical (unpaired) electrons. The van der Waals surface area contributed by atoms with Crippen LogP contribution in [0.25, 0.3) is 0 Å². The summed E-state index contributed by atoms with van der Waals surface area (Å²) in [4.78, 5) is 26.9. The van der Waals surface area contributed by atoms with Crippen LogP contribution in [0.5, 0.6) is 0 Å². The molecule has 2 fully saturated rings. The zero-order chi connectivity index (χ0) is 13.0. The highest BCUT2D eigenvalue weighted by Crippen LogP contribution is 2.22. The van der Waals surface area contributed by atoms with E-state index < -0.39 is 0 Å². The molecule has 0 aromatic rings. The molecule has 1 amide bonds. The lowest BCUT2D eigenvalue weighted by Crippen LogP contribution is -2.51. The van der Waals surface area contributed by atoms with Crippen LogP contribution in [-0.4, -0.2) is 60.5 Å². The maximum atomic E-state index is 11.5. The Bertz CT molecular complexity index is 354. The van der Waals surface area contributed by atoms with Gasteiger partial charge in [-0.05, 0) is 13.3 Å². The number of carbonyl (C=O) groups excluding carboxylic acids is 2. The van der Waals surface area contributed by atoms with Gasteiger partial charge in [-0.3, -0.25) is 9.69 Å². The van der Waals surface area contributed by atoms with Gasteiger partial charge in [-0.15, -0.1) is 0 Å². The number of carbonyl (C=O) groups is 2. The molecule has 0 aliphatic carbocycles. The molecule has 0 saturated carbocycles. The van der Waals surface area contributed by atoms with Crippen molar-refractivity contribution in [2.24, 2.45) is 0 Å². The minimum atomic E-state index is -0.285. The highest BCUT2D eigenvalue weighted by atomic mass is 16.5. The number of hydrogen-bond acceptors (Lipinski definition) is 4. The fraction of sp³-hybridized carbons (Fsp3) is 0.692. The van der Waals surface area contributed by atoms with Gasteiger partial charge in [0.05, 0.1) is 6.61 Å². The monoisotopic (exact) mass is 252 g/mol. The quantitative estimate of drug-likeness (QED) is 0.537. The topological polar surface area (TPSA) is 49.9 Å². The number of amides is 1. The predicted octanol–water partition coefficient (Wildman–Crippen LogP) is 0.412. The second-order valence-electron chi connectivity index (χ2n) is 4.69. The summed E-state index contributed by atoms with van der Waals surface area (Å²) in [6.45, 7) is 5.57. The Morgan fingerprint density at radius 1 is 1.50 bits per heavy atom. The molecule has 100 valence electrons. The molecule has 0 aromatic heterocycles. The van der Waals surface area contributed by atoms with E-state index in [2.05, 4.69) is 4.90 Å². The summed E-state index contributed by atoms with van der Waals surface area (Å²) < 4.78 is 4.82. The summed E-state index contributed by atoms with van der Waals surface area (Å²) in [7, 11) is 0. The zero-order valence-electron chi connectivity index (χ0n) is 10.8. The first-order valence-corrected chi connectivity index (χ1v) is 6.56. The molecule has 0 aromatic carbocycles. The van der Waals surface area contributed by atoms with Gasteiger partial charge in [-0.1, -0.05) is 6.08 Å². The van der Waals surface area contributed by atoms with Crippen LogP contribution in [0, 0.1) is 0 Å². The normalized spacial score (nSPS) is 24.6. The number of ether oxygens (including phenoxy) is 1. The summed E-state index contributed by atoms with van der Waals surface area (Å²) in [5, 5.41) is 0. The van der Waals surface area contributed by atoms with E-state index in [0.29, 0.717) is 25.0 Å². The smallest absolute Gasteiger partial charge is 0.330 e. The number of esters is 1. The largest absolute Gasteiger partial charge is 0.463 e. The molecule has 0 bridgehead atoms. The van der Waals surface area contributed by atoms with Gasteiger partial charge in [-0.2, -0.15) is 0 Å². The van der Waals surface area contributed by atoms with Crippen molar-refractivity contribution in [1.29, 1.82) is 0 Å². The Kier molecular flexibility index (Phi) is 4.36. The molecule has 1 unspecified atom stereocenters. The Hall–Kier alpha value is -1.36. The van der Waals surface area contributed by atoms with Crippen LogP contribution in [0.3, 0.4) is 0 Å². The van der Waals surface area contributed by atoms with Gasteiger partial charge in [0.25, 0.3) is 0 Å². The maximum absolute atomic E-state index is 11.5. The molecular formula is C13H20N2O3. The molecule has 18 heavy (non-hydrogen) atoms. The van der Waals surface area contributed by atoms with Gasteiger partial charge < -0.3 is 9.64 Å². The summed E-state index contributed by atoms with van der Waals surface area (Å²) in [6.07, 6.45) is 4.98. The van der Waals surface area contributed by atoms with Gasteiger partial charge in [0.15, 0.2) is 0 Å².